The summed E-state index contributed by atoms with van der Waals surface area (Å²) >= 11 is 0. The van der Waals surface area contributed by atoms with Gasteiger partial charge in [0, 0.05) is 18.7 Å². The first-order chi connectivity index (χ1) is 20.8. The third-order valence-electron chi connectivity index (χ3n) is 7.58. The molecule has 10 heteroatoms. The lowest BCUT2D eigenvalue weighted by Crippen LogP contribution is -2.53. The van der Waals surface area contributed by atoms with E-state index in [1.165, 1.54) is 37.3 Å². The third kappa shape index (κ3) is 8.31. The van der Waals surface area contributed by atoms with Crippen LogP contribution in [0.25, 0.3) is 0 Å². The topological polar surface area (TPSA) is 105 Å². The zero-order valence-corrected chi connectivity index (χ0v) is 27.8. The Morgan fingerprint density at radius 3 is 1.98 bits per heavy atom. The van der Waals surface area contributed by atoms with Gasteiger partial charge in [-0.1, -0.05) is 49.7 Å². The minimum absolute atomic E-state index is 0.0613. The predicted octanol–water partition coefficient (Wildman–Crippen LogP) is 5.55. The van der Waals surface area contributed by atoms with Crippen LogP contribution in [0, 0.1) is 20.8 Å². The molecule has 1 N–H and O–H groups in total. The van der Waals surface area contributed by atoms with Gasteiger partial charge >= 0.3 is 0 Å². The molecule has 0 heterocycles. The molecule has 0 radical (unpaired) electrons. The summed E-state index contributed by atoms with van der Waals surface area (Å²) in [5, 5.41) is 3.00. The molecule has 3 aromatic rings. The molecular formula is C34H45N3O6S. The van der Waals surface area contributed by atoms with Gasteiger partial charge in [-0.05, 0) is 81.5 Å². The summed E-state index contributed by atoms with van der Waals surface area (Å²) in [6, 6.07) is 16.6. The van der Waals surface area contributed by atoms with Gasteiger partial charge in [0.2, 0.25) is 11.8 Å². The highest BCUT2D eigenvalue weighted by molar-refractivity contribution is 7.92. The van der Waals surface area contributed by atoms with Crippen molar-refractivity contribution in [3.8, 4) is 11.5 Å². The summed E-state index contributed by atoms with van der Waals surface area (Å²) in [5.74, 6) is -0.153. The van der Waals surface area contributed by atoms with Gasteiger partial charge in [-0.2, -0.15) is 0 Å². The molecular weight excluding hydrogens is 578 g/mol. The molecule has 0 bridgehead atoms. The van der Waals surface area contributed by atoms with Crippen molar-refractivity contribution in [2.45, 2.75) is 77.9 Å². The number of sulfonamides is 1. The van der Waals surface area contributed by atoms with Crippen LogP contribution in [0.15, 0.2) is 65.6 Å². The highest BCUT2D eigenvalue weighted by Crippen LogP contribution is 2.33. The predicted molar refractivity (Wildman–Crippen MR) is 174 cm³/mol. The van der Waals surface area contributed by atoms with Gasteiger partial charge < -0.3 is 19.7 Å². The van der Waals surface area contributed by atoms with Crippen LogP contribution in [0.2, 0.25) is 0 Å². The first kappa shape index (κ1) is 34.4. The molecule has 0 aromatic heterocycles. The first-order valence-electron chi connectivity index (χ1n) is 14.8. The zero-order valence-electron chi connectivity index (χ0n) is 27.0. The average Bonchev–Trinajstić information content (AvgIpc) is 2.99. The second-order valence-corrected chi connectivity index (χ2v) is 13.0. The number of carbonyl (C=O) groups is 2. The summed E-state index contributed by atoms with van der Waals surface area (Å²) in [4.78, 5) is 29.2. The van der Waals surface area contributed by atoms with Crippen LogP contribution in [-0.2, 0) is 26.2 Å². The second-order valence-electron chi connectivity index (χ2n) is 11.1. The Kier molecular flexibility index (Phi) is 11.8. The number of hydrogen-bond acceptors (Lipinski definition) is 6. The molecule has 0 fully saturated rings. The number of hydrogen-bond donors (Lipinski definition) is 1. The van der Waals surface area contributed by atoms with Crippen molar-refractivity contribution >= 4 is 27.5 Å². The number of amides is 2. The second kappa shape index (κ2) is 15.1. The monoisotopic (exact) mass is 623 g/mol. The normalized spacial score (nSPS) is 12.6. The van der Waals surface area contributed by atoms with E-state index >= 15 is 0 Å². The molecule has 0 spiro atoms. The van der Waals surface area contributed by atoms with E-state index in [4.69, 9.17) is 9.47 Å². The van der Waals surface area contributed by atoms with Gasteiger partial charge in [-0.3, -0.25) is 13.9 Å². The Morgan fingerprint density at radius 2 is 1.43 bits per heavy atom. The molecule has 44 heavy (non-hydrogen) atoms. The van der Waals surface area contributed by atoms with Gasteiger partial charge in [-0.25, -0.2) is 8.42 Å². The Balaban J connectivity index is 2.13. The molecule has 0 saturated carbocycles. The zero-order chi connectivity index (χ0) is 32.6. The number of benzene rings is 3. The fourth-order valence-corrected chi connectivity index (χ4v) is 6.39. The number of nitrogens with zero attached hydrogens (tertiary/aromatic N) is 2. The molecule has 2 atom stereocenters. The molecule has 0 unspecified atom stereocenters. The van der Waals surface area contributed by atoms with Crippen LogP contribution in [0.4, 0.5) is 5.69 Å². The fourth-order valence-electron chi connectivity index (χ4n) is 4.98. The molecule has 3 rings (SSSR count). The number of nitrogens with one attached hydrogen (secondary N) is 1. The van der Waals surface area contributed by atoms with E-state index in [0.29, 0.717) is 17.9 Å². The number of ether oxygens (including phenoxy) is 2. The Labute approximate surface area is 262 Å². The Bertz CT molecular complexity index is 1540. The maximum atomic E-state index is 14.3. The highest BCUT2D eigenvalue weighted by Gasteiger charge is 2.34. The Hall–Kier alpha value is -4.05. The van der Waals surface area contributed by atoms with Crippen molar-refractivity contribution in [2.75, 3.05) is 25.1 Å². The molecule has 0 aliphatic carbocycles. The Morgan fingerprint density at radius 1 is 0.818 bits per heavy atom. The van der Waals surface area contributed by atoms with E-state index in [2.05, 4.69) is 5.32 Å². The van der Waals surface area contributed by atoms with Crippen LogP contribution in [-0.4, -0.2) is 58.0 Å². The molecule has 3 aromatic carbocycles. The van der Waals surface area contributed by atoms with Crippen LogP contribution in [0.1, 0.15) is 55.9 Å². The lowest BCUT2D eigenvalue weighted by atomic mass is 10.1. The maximum Gasteiger partial charge on any atom is 0.264 e. The van der Waals surface area contributed by atoms with Crippen molar-refractivity contribution in [1.29, 1.82) is 0 Å². The summed E-state index contributed by atoms with van der Waals surface area (Å²) in [6.45, 7) is 11.1. The summed E-state index contributed by atoms with van der Waals surface area (Å²) in [5.41, 5.74) is 3.93. The highest BCUT2D eigenvalue weighted by atomic mass is 32.2. The maximum absolute atomic E-state index is 14.3. The van der Waals surface area contributed by atoms with Crippen molar-refractivity contribution in [3.05, 3.63) is 82.9 Å². The van der Waals surface area contributed by atoms with E-state index in [0.717, 1.165) is 33.0 Å². The standard InChI is InChI=1S/C34H45N3O6S/c1-9-26(6)35-34(39)30(10-2)36(21-27-13-11-23(3)12-14-27)33(38)22-37(28-18-24(4)17-25(5)19-28)44(40,41)29-15-16-31(42-7)32(20-29)43-8/h11-20,26,30H,9-10,21-22H2,1-8H3,(H,35,39)/t26-,30-/m1/s1. The van der Waals surface area contributed by atoms with Crippen LogP contribution in [0.3, 0.4) is 0 Å². The lowest BCUT2D eigenvalue weighted by Gasteiger charge is -2.34. The van der Waals surface area contributed by atoms with Gasteiger partial charge in [0.25, 0.3) is 10.0 Å². The first-order valence-corrected chi connectivity index (χ1v) is 16.3. The van der Waals surface area contributed by atoms with Crippen molar-refractivity contribution in [1.82, 2.24) is 10.2 Å². The minimum Gasteiger partial charge on any atom is -0.493 e. The quantitative estimate of drug-likeness (QED) is 0.253. The summed E-state index contributed by atoms with van der Waals surface area (Å²) in [7, 11) is -1.38. The van der Waals surface area contributed by atoms with Crippen molar-refractivity contribution < 1.29 is 27.5 Å². The lowest BCUT2D eigenvalue weighted by molar-refractivity contribution is -0.140. The molecule has 238 valence electrons. The minimum atomic E-state index is -4.28. The van der Waals surface area contributed by atoms with E-state index in [9.17, 15) is 18.0 Å². The van der Waals surface area contributed by atoms with Crippen LogP contribution >= 0.6 is 0 Å². The average molecular weight is 624 g/mol. The smallest absolute Gasteiger partial charge is 0.264 e. The van der Waals surface area contributed by atoms with E-state index < -0.39 is 28.5 Å². The van der Waals surface area contributed by atoms with E-state index in [1.807, 2.05) is 71.9 Å². The molecule has 0 aliphatic rings. The van der Waals surface area contributed by atoms with Crippen LogP contribution in [0.5, 0.6) is 11.5 Å². The summed E-state index contributed by atoms with van der Waals surface area (Å²) in [6.07, 6.45) is 1.09. The number of aryl methyl sites for hydroxylation is 3. The molecule has 0 saturated heterocycles. The van der Waals surface area contributed by atoms with Gasteiger partial charge in [0.05, 0.1) is 24.8 Å². The largest absolute Gasteiger partial charge is 0.493 e. The van der Waals surface area contributed by atoms with Crippen LogP contribution < -0.4 is 19.1 Å². The molecule has 2 amide bonds. The number of methoxy groups -OCH3 is 2. The van der Waals surface area contributed by atoms with Gasteiger partial charge in [-0.15, -0.1) is 0 Å². The third-order valence-corrected chi connectivity index (χ3v) is 9.35. The SMILES string of the molecule is CC[C@@H](C)NC(=O)[C@@H](CC)N(Cc1ccc(C)cc1)C(=O)CN(c1cc(C)cc(C)c1)S(=O)(=O)c1ccc(OC)c(OC)c1. The number of anilines is 1. The van der Waals surface area contributed by atoms with E-state index in [1.54, 1.807) is 12.1 Å². The van der Waals surface area contributed by atoms with Crippen molar-refractivity contribution in [3.63, 3.8) is 0 Å². The van der Waals surface area contributed by atoms with Gasteiger partial charge in [0.1, 0.15) is 12.6 Å². The summed E-state index contributed by atoms with van der Waals surface area (Å²) < 4.78 is 40.4. The number of carbonyl (C=O) groups excluding carboxylic acids is 2. The molecule has 0 aliphatic heterocycles. The fraction of sp³-hybridized carbons (Fsp3) is 0.412. The molecule has 9 nitrogen and oxygen atoms in total. The van der Waals surface area contributed by atoms with E-state index in [-0.39, 0.29) is 29.1 Å². The number of rotatable bonds is 14. The van der Waals surface area contributed by atoms with Crippen molar-refractivity contribution in [2.24, 2.45) is 0 Å². The van der Waals surface area contributed by atoms with Gasteiger partial charge in [0.15, 0.2) is 11.5 Å².